The van der Waals surface area contributed by atoms with Crippen LogP contribution in [0.1, 0.15) is 6.92 Å². The summed E-state index contributed by atoms with van der Waals surface area (Å²) in [7, 11) is 0. The monoisotopic (exact) mass is 222 g/mol. The third-order valence-electron chi connectivity index (χ3n) is 0.308. The largest absolute Gasteiger partial charge is 0.309 e. The molecular weight excluding hydrogens is 217 g/mol. The molecule has 7 heavy (non-hydrogen) atoms. The Labute approximate surface area is 54.7 Å². The average Bonchev–Trinajstić information content (AvgIpc) is 1.30. The molecule has 0 rings (SSSR count). The second kappa shape index (κ2) is 2.76. The van der Waals surface area contributed by atoms with Crippen LogP contribution in [-0.4, -0.2) is 12.5 Å². The number of hydrogen-bond donors (Lipinski definition) is 0. The van der Waals surface area contributed by atoms with Crippen LogP contribution < -0.4 is 0 Å². The molecule has 0 aromatic carbocycles. The fraction of sp³-hybridized carbons (Fsp3) is 1.00. The van der Waals surface area contributed by atoms with Crippen LogP contribution in [0.3, 0.4) is 0 Å². The molecule has 4 heteroatoms. The molecule has 0 heterocycles. The fourth-order valence-electron chi connectivity index (χ4n) is 0.0958. The lowest BCUT2D eigenvalue weighted by Crippen LogP contribution is -2.15. The number of hydrogen-bond acceptors (Lipinski definition) is 1. The standard InChI is InChI=1S/C3H5F2IO/c1-3(4,5)2-7-6/h2H2,1H3. The van der Waals surface area contributed by atoms with Gasteiger partial charge < -0.3 is 3.07 Å². The maximum absolute atomic E-state index is 11.6. The Kier molecular flexibility index (Phi) is 2.98. The lowest BCUT2D eigenvalue weighted by molar-refractivity contribution is -0.0104. The molecule has 0 aliphatic heterocycles. The van der Waals surface area contributed by atoms with Crippen molar-refractivity contribution in [2.45, 2.75) is 12.8 Å². The molecule has 0 spiro atoms. The second-order valence-electron chi connectivity index (χ2n) is 1.32. The van der Waals surface area contributed by atoms with E-state index in [-0.39, 0.29) is 0 Å². The van der Waals surface area contributed by atoms with E-state index in [9.17, 15) is 8.78 Å². The third kappa shape index (κ3) is 6.55. The lowest BCUT2D eigenvalue weighted by Gasteiger charge is -2.04. The Morgan fingerprint density at radius 3 is 2.14 bits per heavy atom. The summed E-state index contributed by atoms with van der Waals surface area (Å²) < 4.78 is 27.3. The zero-order valence-electron chi connectivity index (χ0n) is 3.75. The summed E-state index contributed by atoms with van der Waals surface area (Å²) in [6.45, 7) is 0.305. The predicted octanol–water partition coefficient (Wildman–Crippen LogP) is 2.01. The van der Waals surface area contributed by atoms with Crippen molar-refractivity contribution in [3.63, 3.8) is 0 Å². The predicted molar refractivity (Wildman–Crippen MR) is 30.6 cm³/mol. The molecule has 0 saturated carbocycles. The van der Waals surface area contributed by atoms with E-state index < -0.39 is 12.5 Å². The summed E-state index contributed by atoms with van der Waals surface area (Å²) in [6, 6.07) is 0. The molecule has 44 valence electrons. The molecule has 0 unspecified atom stereocenters. The summed E-state index contributed by atoms with van der Waals surface area (Å²) >= 11 is 1.43. The van der Waals surface area contributed by atoms with Gasteiger partial charge in [-0.15, -0.1) is 0 Å². The summed E-state index contributed by atoms with van der Waals surface area (Å²) in [5, 5.41) is 0. The first-order chi connectivity index (χ1) is 3.06. The van der Waals surface area contributed by atoms with Gasteiger partial charge in [-0.3, -0.25) is 0 Å². The highest BCUT2D eigenvalue weighted by atomic mass is 127. The molecule has 0 aromatic heterocycles. The van der Waals surface area contributed by atoms with E-state index >= 15 is 0 Å². The van der Waals surface area contributed by atoms with E-state index in [1.165, 1.54) is 23.0 Å². The minimum absolute atomic E-state index is 0.506. The van der Waals surface area contributed by atoms with E-state index in [1.54, 1.807) is 0 Å². The van der Waals surface area contributed by atoms with Crippen molar-refractivity contribution in [1.29, 1.82) is 0 Å². The fourth-order valence-corrected chi connectivity index (χ4v) is 0.643. The molecule has 0 radical (unpaired) electrons. The topological polar surface area (TPSA) is 9.23 Å². The van der Waals surface area contributed by atoms with Crippen LogP contribution in [0.5, 0.6) is 0 Å². The van der Waals surface area contributed by atoms with Gasteiger partial charge in [-0.2, -0.15) is 0 Å². The Morgan fingerprint density at radius 2 is 2.14 bits per heavy atom. The molecule has 0 saturated heterocycles. The van der Waals surface area contributed by atoms with Gasteiger partial charge >= 0.3 is 0 Å². The maximum atomic E-state index is 11.6. The first kappa shape index (κ1) is 7.55. The van der Waals surface area contributed by atoms with Gasteiger partial charge in [0.1, 0.15) is 29.6 Å². The number of alkyl halides is 2. The van der Waals surface area contributed by atoms with Gasteiger partial charge in [-0.1, -0.05) is 0 Å². The van der Waals surface area contributed by atoms with E-state index in [1.807, 2.05) is 0 Å². The number of rotatable bonds is 2. The zero-order chi connectivity index (χ0) is 5.91. The van der Waals surface area contributed by atoms with Crippen molar-refractivity contribution in [1.82, 2.24) is 0 Å². The van der Waals surface area contributed by atoms with Crippen LogP contribution in [0.4, 0.5) is 8.78 Å². The van der Waals surface area contributed by atoms with Crippen LogP contribution in [0.2, 0.25) is 0 Å². The van der Waals surface area contributed by atoms with Crippen LogP contribution in [0, 0.1) is 0 Å². The van der Waals surface area contributed by atoms with Gasteiger partial charge in [-0.05, 0) is 0 Å². The Bertz CT molecular complexity index is 51.4. The van der Waals surface area contributed by atoms with Crippen LogP contribution in [-0.2, 0) is 3.07 Å². The van der Waals surface area contributed by atoms with Gasteiger partial charge in [0.15, 0.2) is 0 Å². The van der Waals surface area contributed by atoms with Crippen molar-refractivity contribution in [2.75, 3.05) is 6.61 Å². The molecule has 0 aliphatic carbocycles. The van der Waals surface area contributed by atoms with E-state index in [0.717, 1.165) is 6.92 Å². The maximum Gasteiger partial charge on any atom is 0.269 e. The van der Waals surface area contributed by atoms with Crippen LogP contribution >= 0.6 is 23.0 Å². The minimum Gasteiger partial charge on any atom is -0.309 e. The highest BCUT2D eigenvalue weighted by Gasteiger charge is 2.20. The van der Waals surface area contributed by atoms with Gasteiger partial charge in [0, 0.05) is 6.92 Å². The molecule has 0 fully saturated rings. The Morgan fingerprint density at radius 1 is 1.71 bits per heavy atom. The van der Waals surface area contributed by atoms with Gasteiger partial charge in [0.05, 0.1) is 0 Å². The Hall–Kier alpha value is 0.550. The van der Waals surface area contributed by atoms with Crippen molar-refractivity contribution < 1.29 is 11.8 Å². The summed E-state index contributed by atoms with van der Waals surface area (Å²) in [5.41, 5.74) is 0. The van der Waals surface area contributed by atoms with Crippen molar-refractivity contribution in [2.24, 2.45) is 0 Å². The average molecular weight is 222 g/mol. The first-order valence-corrected chi connectivity index (χ1v) is 2.56. The van der Waals surface area contributed by atoms with Crippen LogP contribution in [0.25, 0.3) is 0 Å². The van der Waals surface area contributed by atoms with Gasteiger partial charge in [0.25, 0.3) is 5.92 Å². The molecule has 1 nitrogen and oxygen atoms in total. The quantitative estimate of drug-likeness (QED) is 0.649. The van der Waals surface area contributed by atoms with E-state index in [0.29, 0.717) is 0 Å². The SMILES string of the molecule is CC(F)(F)COI. The Balaban J connectivity index is 3.15. The van der Waals surface area contributed by atoms with Gasteiger partial charge in [-0.25, -0.2) is 8.78 Å². The molecular formula is C3H5F2IO. The third-order valence-corrected chi connectivity index (χ3v) is 0.619. The molecule has 0 atom stereocenters. The molecule has 0 aromatic rings. The highest BCUT2D eigenvalue weighted by Crippen LogP contribution is 2.12. The molecule has 0 amide bonds. The number of halogens is 3. The second-order valence-corrected chi connectivity index (χ2v) is 1.95. The highest BCUT2D eigenvalue weighted by molar-refractivity contribution is 14.1. The lowest BCUT2D eigenvalue weighted by atomic mass is 10.4. The smallest absolute Gasteiger partial charge is 0.269 e. The van der Waals surface area contributed by atoms with Crippen molar-refractivity contribution in [3.05, 3.63) is 0 Å². The minimum atomic E-state index is -2.68. The summed E-state index contributed by atoms with van der Waals surface area (Å²) in [4.78, 5) is 0. The zero-order valence-corrected chi connectivity index (χ0v) is 5.91. The van der Waals surface area contributed by atoms with Gasteiger partial charge in [0.2, 0.25) is 0 Å². The normalized spacial score (nSPS) is 12.0. The van der Waals surface area contributed by atoms with Crippen molar-refractivity contribution in [3.8, 4) is 0 Å². The molecule has 0 bridgehead atoms. The van der Waals surface area contributed by atoms with E-state index in [2.05, 4.69) is 3.07 Å². The first-order valence-electron chi connectivity index (χ1n) is 1.67. The van der Waals surface area contributed by atoms with Crippen LogP contribution in [0.15, 0.2) is 0 Å². The molecule has 0 aliphatic rings. The summed E-state index contributed by atoms with van der Waals surface area (Å²) in [5.74, 6) is -2.68. The van der Waals surface area contributed by atoms with E-state index in [4.69, 9.17) is 0 Å². The summed E-state index contributed by atoms with van der Waals surface area (Å²) in [6.07, 6.45) is 0. The molecule has 0 N–H and O–H groups in total. The van der Waals surface area contributed by atoms with Crippen molar-refractivity contribution >= 4 is 23.0 Å².